The van der Waals surface area contributed by atoms with E-state index in [1.807, 2.05) is 32.9 Å². The molecular formula is C19H26ClNO4. The van der Waals surface area contributed by atoms with Crippen LogP contribution in [0.4, 0.5) is 0 Å². The molecule has 0 saturated heterocycles. The number of amides is 1. The molecule has 0 aromatic heterocycles. The number of aryl methyl sites for hydroxylation is 1. The maximum absolute atomic E-state index is 11.8. The minimum atomic E-state index is -0.566. The second-order valence-electron chi connectivity index (χ2n) is 6.79. The van der Waals surface area contributed by atoms with Gasteiger partial charge in [0.25, 0.3) is 5.91 Å². The number of esters is 1. The van der Waals surface area contributed by atoms with E-state index in [9.17, 15) is 9.59 Å². The zero-order valence-corrected chi connectivity index (χ0v) is 15.8. The van der Waals surface area contributed by atoms with Crippen molar-refractivity contribution in [3.63, 3.8) is 0 Å². The van der Waals surface area contributed by atoms with E-state index in [4.69, 9.17) is 21.1 Å². The summed E-state index contributed by atoms with van der Waals surface area (Å²) < 4.78 is 10.6. The highest BCUT2D eigenvalue weighted by molar-refractivity contribution is 6.31. The number of benzene rings is 1. The number of hydrogen-bond acceptors (Lipinski definition) is 4. The minimum absolute atomic E-state index is 0.210. The first kappa shape index (κ1) is 19.6. The fourth-order valence-corrected chi connectivity index (χ4v) is 3.08. The highest BCUT2D eigenvalue weighted by Gasteiger charge is 2.18. The van der Waals surface area contributed by atoms with Crippen LogP contribution in [-0.4, -0.2) is 31.1 Å². The predicted octanol–water partition coefficient (Wildman–Crippen LogP) is 3.75. The van der Waals surface area contributed by atoms with Crippen molar-refractivity contribution in [3.05, 3.63) is 28.3 Å². The molecule has 0 radical (unpaired) electrons. The SMILES string of the molecule is Cc1cc(OCC(=O)OCC(=O)NC2CCCC2)c(C(C)C)cc1Cl. The molecule has 6 heteroatoms. The molecule has 1 fully saturated rings. The lowest BCUT2D eigenvalue weighted by atomic mass is 10.0. The van der Waals surface area contributed by atoms with Crippen LogP contribution < -0.4 is 10.1 Å². The van der Waals surface area contributed by atoms with Gasteiger partial charge in [-0.25, -0.2) is 4.79 Å². The van der Waals surface area contributed by atoms with Crippen molar-refractivity contribution in [2.45, 2.75) is 58.4 Å². The molecule has 2 rings (SSSR count). The van der Waals surface area contributed by atoms with Gasteiger partial charge in [0, 0.05) is 11.1 Å². The van der Waals surface area contributed by atoms with Gasteiger partial charge in [0.05, 0.1) is 0 Å². The molecule has 1 N–H and O–H groups in total. The topological polar surface area (TPSA) is 64.6 Å². The number of ether oxygens (including phenoxy) is 2. The highest BCUT2D eigenvalue weighted by atomic mass is 35.5. The number of hydrogen-bond donors (Lipinski definition) is 1. The van der Waals surface area contributed by atoms with E-state index >= 15 is 0 Å². The zero-order valence-electron chi connectivity index (χ0n) is 15.1. The predicted molar refractivity (Wildman–Crippen MR) is 97.1 cm³/mol. The third kappa shape index (κ3) is 5.92. The molecule has 1 aromatic carbocycles. The summed E-state index contributed by atoms with van der Waals surface area (Å²) in [6, 6.07) is 3.89. The fourth-order valence-electron chi connectivity index (χ4n) is 2.91. The standard InChI is InChI=1S/C19H26ClNO4/c1-12(2)15-9-16(20)13(3)8-17(15)24-11-19(23)25-10-18(22)21-14-6-4-5-7-14/h8-9,12,14H,4-7,10-11H2,1-3H3,(H,21,22). The Morgan fingerprint density at radius 2 is 1.92 bits per heavy atom. The maximum Gasteiger partial charge on any atom is 0.344 e. The molecule has 1 saturated carbocycles. The van der Waals surface area contributed by atoms with Crippen molar-refractivity contribution in [3.8, 4) is 5.75 Å². The number of rotatable bonds is 7. The Labute approximate surface area is 154 Å². The summed E-state index contributed by atoms with van der Waals surface area (Å²) in [5.74, 6) is -0.0000880. The van der Waals surface area contributed by atoms with E-state index < -0.39 is 5.97 Å². The number of halogens is 1. The van der Waals surface area contributed by atoms with E-state index in [0.29, 0.717) is 10.8 Å². The van der Waals surface area contributed by atoms with Crippen LogP contribution in [0.5, 0.6) is 5.75 Å². The first-order chi connectivity index (χ1) is 11.9. The zero-order chi connectivity index (χ0) is 18.4. The van der Waals surface area contributed by atoms with E-state index in [2.05, 4.69) is 5.32 Å². The van der Waals surface area contributed by atoms with Crippen molar-refractivity contribution < 1.29 is 19.1 Å². The third-order valence-corrected chi connectivity index (χ3v) is 4.75. The summed E-state index contributed by atoms with van der Waals surface area (Å²) in [6.07, 6.45) is 4.27. The summed E-state index contributed by atoms with van der Waals surface area (Å²) in [6.45, 7) is 5.43. The quantitative estimate of drug-likeness (QED) is 0.745. The summed E-state index contributed by atoms with van der Waals surface area (Å²) in [5.41, 5.74) is 1.81. The van der Waals surface area contributed by atoms with Crippen molar-refractivity contribution in [2.24, 2.45) is 0 Å². The lowest BCUT2D eigenvalue weighted by molar-refractivity contribution is -0.150. The summed E-state index contributed by atoms with van der Waals surface area (Å²) in [4.78, 5) is 23.6. The van der Waals surface area contributed by atoms with Gasteiger partial charge in [0.2, 0.25) is 0 Å². The van der Waals surface area contributed by atoms with E-state index in [-0.39, 0.29) is 31.1 Å². The largest absolute Gasteiger partial charge is 0.482 e. The van der Waals surface area contributed by atoms with Crippen LogP contribution >= 0.6 is 11.6 Å². The van der Waals surface area contributed by atoms with E-state index in [1.165, 1.54) is 0 Å². The molecular weight excluding hydrogens is 342 g/mol. The lowest BCUT2D eigenvalue weighted by Crippen LogP contribution is -2.36. The van der Waals surface area contributed by atoms with Gasteiger partial charge >= 0.3 is 5.97 Å². The minimum Gasteiger partial charge on any atom is -0.482 e. The van der Waals surface area contributed by atoms with Gasteiger partial charge in [0.15, 0.2) is 13.2 Å². The molecule has 0 atom stereocenters. The molecule has 5 nitrogen and oxygen atoms in total. The summed E-state index contributed by atoms with van der Waals surface area (Å²) >= 11 is 6.16. The molecule has 1 amide bonds. The first-order valence-corrected chi connectivity index (χ1v) is 9.12. The second-order valence-corrected chi connectivity index (χ2v) is 7.20. The molecule has 0 aliphatic heterocycles. The van der Waals surface area contributed by atoms with Crippen LogP contribution in [0, 0.1) is 6.92 Å². The molecule has 25 heavy (non-hydrogen) atoms. The molecule has 0 spiro atoms. The molecule has 138 valence electrons. The van der Waals surface area contributed by atoms with Crippen molar-refractivity contribution in [1.82, 2.24) is 5.32 Å². The molecule has 0 unspecified atom stereocenters. The average Bonchev–Trinajstić information content (AvgIpc) is 3.06. The Balaban J connectivity index is 1.81. The second kappa shape index (κ2) is 9.09. The lowest BCUT2D eigenvalue weighted by Gasteiger charge is -2.16. The third-order valence-electron chi connectivity index (χ3n) is 4.34. The van der Waals surface area contributed by atoms with Gasteiger partial charge < -0.3 is 14.8 Å². The van der Waals surface area contributed by atoms with Crippen LogP contribution in [0.25, 0.3) is 0 Å². The molecule has 0 bridgehead atoms. The van der Waals surface area contributed by atoms with Gasteiger partial charge in [-0.3, -0.25) is 4.79 Å². The summed E-state index contributed by atoms with van der Waals surface area (Å²) in [5, 5.41) is 3.54. The molecule has 1 aliphatic carbocycles. The van der Waals surface area contributed by atoms with Gasteiger partial charge in [-0.1, -0.05) is 38.3 Å². The van der Waals surface area contributed by atoms with Crippen molar-refractivity contribution in [1.29, 1.82) is 0 Å². The maximum atomic E-state index is 11.8. The van der Waals surface area contributed by atoms with E-state index in [1.54, 1.807) is 0 Å². The molecule has 1 aliphatic rings. The normalized spacial score (nSPS) is 14.6. The van der Waals surface area contributed by atoms with Crippen molar-refractivity contribution in [2.75, 3.05) is 13.2 Å². The van der Waals surface area contributed by atoms with Gasteiger partial charge in [-0.05, 0) is 48.9 Å². The van der Waals surface area contributed by atoms with Crippen LogP contribution in [0.15, 0.2) is 12.1 Å². The Morgan fingerprint density at radius 1 is 1.24 bits per heavy atom. The number of carbonyl (C=O) groups excluding carboxylic acids is 2. The molecule has 0 heterocycles. The van der Waals surface area contributed by atoms with Gasteiger partial charge in [-0.2, -0.15) is 0 Å². The van der Waals surface area contributed by atoms with Crippen LogP contribution in [0.3, 0.4) is 0 Å². The smallest absolute Gasteiger partial charge is 0.344 e. The highest BCUT2D eigenvalue weighted by Crippen LogP contribution is 2.32. The van der Waals surface area contributed by atoms with Crippen molar-refractivity contribution >= 4 is 23.5 Å². The van der Waals surface area contributed by atoms with Gasteiger partial charge in [0.1, 0.15) is 5.75 Å². The van der Waals surface area contributed by atoms with E-state index in [0.717, 1.165) is 36.8 Å². The van der Waals surface area contributed by atoms with Crippen LogP contribution in [0.2, 0.25) is 5.02 Å². The Bertz CT molecular complexity index is 624. The first-order valence-electron chi connectivity index (χ1n) is 8.74. The monoisotopic (exact) mass is 367 g/mol. The van der Waals surface area contributed by atoms with Crippen LogP contribution in [-0.2, 0) is 14.3 Å². The Hall–Kier alpha value is -1.75. The number of carbonyl (C=O) groups is 2. The average molecular weight is 368 g/mol. The van der Waals surface area contributed by atoms with Crippen LogP contribution in [0.1, 0.15) is 56.6 Å². The number of nitrogens with one attached hydrogen (secondary N) is 1. The Kier molecular flexibility index (Phi) is 7.12. The Morgan fingerprint density at radius 3 is 2.56 bits per heavy atom. The summed E-state index contributed by atoms with van der Waals surface area (Å²) in [7, 11) is 0. The van der Waals surface area contributed by atoms with Gasteiger partial charge in [-0.15, -0.1) is 0 Å². The fraction of sp³-hybridized carbons (Fsp3) is 0.579. The molecule has 1 aromatic rings.